The molecule has 3 aromatic heterocycles. The number of carbonyl (C=O) groups is 2. The minimum atomic E-state index is -0.473. The number of carbonyl (C=O) groups excluding carboxylic acids is 1. The molecule has 0 saturated carbocycles. The van der Waals surface area contributed by atoms with Gasteiger partial charge in [0, 0.05) is 74.2 Å². The third-order valence-electron chi connectivity index (χ3n) is 6.52. The molecule has 1 saturated heterocycles. The number of rotatable bonds is 6. The van der Waals surface area contributed by atoms with E-state index in [9.17, 15) is 9.59 Å². The Bertz CT molecular complexity index is 1140. The van der Waals surface area contributed by atoms with E-state index in [1.165, 1.54) is 0 Å². The summed E-state index contributed by atoms with van der Waals surface area (Å²) in [6, 6.07) is 6.80. The van der Waals surface area contributed by atoms with Gasteiger partial charge in [0.2, 0.25) is 5.91 Å². The number of carboxylic acid groups (broad SMARTS) is 1. The Hall–Kier alpha value is -3.24. The number of pyridine rings is 1. The maximum absolute atomic E-state index is 13.6. The van der Waals surface area contributed by atoms with Crippen LogP contribution in [0.3, 0.4) is 0 Å². The van der Waals surface area contributed by atoms with Crippen molar-refractivity contribution >= 4 is 23.7 Å². The normalized spacial score (nSPS) is 21.1. The number of nitrogens with zero attached hydrogens (tertiary/aromatic N) is 4. The van der Waals surface area contributed by atoms with E-state index in [-0.39, 0.29) is 29.8 Å². The molecule has 2 aliphatic rings. The van der Waals surface area contributed by atoms with Crippen LogP contribution in [0.2, 0.25) is 0 Å². The van der Waals surface area contributed by atoms with Gasteiger partial charge in [0.25, 0.3) is 12.0 Å². The van der Waals surface area contributed by atoms with Crippen molar-refractivity contribution in [2.24, 2.45) is 5.92 Å². The standard InChI is InChI=1S/C23H26N4O3S.CH2O2/c1-25(10-16-6-8-30-13-16)23(29)22-18-9-17(20-3-2-4-21(28)27(20)22)11-26(12-18)7-5-19-14-31-15-24-19;2-1-3/h2-4,6,8,13-15,17-18,22H,5,7,9-12H2,1H3;1H,(H,2,3)/t17-,18+,22-;/m1./s1. The summed E-state index contributed by atoms with van der Waals surface area (Å²) in [6.07, 6.45) is 5.11. The molecule has 9 nitrogen and oxygen atoms in total. The average molecular weight is 485 g/mol. The van der Waals surface area contributed by atoms with E-state index in [1.807, 2.05) is 23.7 Å². The molecule has 3 aromatic rings. The van der Waals surface area contributed by atoms with Crippen molar-refractivity contribution in [3.63, 3.8) is 0 Å². The van der Waals surface area contributed by atoms with Crippen LogP contribution in [0.1, 0.15) is 35.3 Å². The average Bonchev–Trinajstić information content (AvgIpc) is 3.53. The van der Waals surface area contributed by atoms with E-state index in [0.717, 1.165) is 49.4 Å². The van der Waals surface area contributed by atoms with Crippen LogP contribution < -0.4 is 5.56 Å². The largest absolute Gasteiger partial charge is 0.483 e. The first-order chi connectivity index (χ1) is 16.5. The SMILES string of the molecule is CN(Cc1ccoc1)C(=O)[C@H]1[C@H]2C[C@H](CN(CCc3cscn3)C2)c2cccc(=O)n21.O=CO. The van der Waals surface area contributed by atoms with E-state index < -0.39 is 6.04 Å². The number of amides is 1. The predicted octanol–water partition coefficient (Wildman–Crippen LogP) is 2.46. The zero-order valence-corrected chi connectivity index (χ0v) is 19.8. The van der Waals surface area contributed by atoms with Crippen LogP contribution in [0.4, 0.5) is 0 Å². The van der Waals surface area contributed by atoms with Gasteiger partial charge in [0.1, 0.15) is 6.04 Å². The van der Waals surface area contributed by atoms with Gasteiger partial charge in [0.15, 0.2) is 0 Å². The van der Waals surface area contributed by atoms with Crippen LogP contribution in [-0.4, -0.2) is 63.5 Å². The van der Waals surface area contributed by atoms with Gasteiger partial charge in [-0.05, 0) is 18.6 Å². The van der Waals surface area contributed by atoms with Gasteiger partial charge in [-0.3, -0.25) is 19.0 Å². The quantitative estimate of drug-likeness (QED) is 0.535. The number of likely N-dealkylation sites (tertiary alicyclic amines) is 1. The van der Waals surface area contributed by atoms with Gasteiger partial charge in [0.05, 0.1) is 23.7 Å². The minimum Gasteiger partial charge on any atom is -0.483 e. The lowest BCUT2D eigenvalue weighted by Crippen LogP contribution is -2.53. The van der Waals surface area contributed by atoms with E-state index >= 15 is 0 Å². The molecule has 180 valence electrons. The van der Waals surface area contributed by atoms with Crippen molar-refractivity contribution in [3.05, 3.63) is 75.0 Å². The summed E-state index contributed by atoms with van der Waals surface area (Å²) in [4.78, 5) is 43.4. The summed E-state index contributed by atoms with van der Waals surface area (Å²) < 4.78 is 6.92. The summed E-state index contributed by atoms with van der Waals surface area (Å²) in [6.45, 7) is 2.86. The summed E-state index contributed by atoms with van der Waals surface area (Å²) >= 11 is 1.62. The maximum Gasteiger partial charge on any atom is 0.290 e. The summed E-state index contributed by atoms with van der Waals surface area (Å²) in [7, 11) is 1.80. The lowest BCUT2D eigenvalue weighted by Gasteiger charge is -2.47. The Labute approximate surface area is 201 Å². The van der Waals surface area contributed by atoms with Gasteiger partial charge in [-0.1, -0.05) is 6.07 Å². The second-order valence-electron chi connectivity index (χ2n) is 8.72. The molecule has 5 heterocycles. The van der Waals surface area contributed by atoms with Crippen molar-refractivity contribution < 1.29 is 19.1 Å². The van der Waals surface area contributed by atoms with E-state index in [2.05, 4.69) is 15.3 Å². The number of aromatic nitrogens is 2. The number of fused-ring (bicyclic) bond motifs is 4. The molecular formula is C24H28N4O5S. The molecule has 10 heteroatoms. The maximum atomic E-state index is 13.6. The molecule has 0 aromatic carbocycles. The number of piperidine rings is 1. The summed E-state index contributed by atoms with van der Waals surface area (Å²) in [5.74, 6) is 0.368. The topological polar surface area (TPSA) is 109 Å². The highest BCUT2D eigenvalue weighted by atomic mass is 32.1. The number of furan rings is 1. The van der Waals surface area contributed by atoms with Crippen LogP contribution in [0.15, 0.2) is 56.9 Å². The fourth-order valence-electron chi connectivity index (χ4n) is 5.12. The number of likely N-dealkylation sites (N-methyl/N-ethyl adjacent to an activating group) is 1. The second-order valence-corrected chi connectivity index (χ2v) is 9.44. The number of thiazole rings is 1. The zero-order chi connectivity index (χ0) is 24.1. The van der Waals surface area contributed by atoms with Gasteiger partial charge in [-0.25, -0.2) is 4.98 Å². The highest BCUT2D eigenvalue weighted by molar-refractivity contribution is 7.07. The second kappa shape index (κ2) is 10.8. The molecular weight excluding hydrogens is 456 g/mol. The van der Waals surface area contributed by atoms with Crippen molar-refractivity contribution in [1.29, 1.82) is 0 Å². The number of hydrogen-bond acceptors (Lipinski definition) is 7. The minimum absolute atomic E-state index is 0.0134. The zero-order valence-electron chi connectivity index (χ0n) is 18.9. The van der Waals surface area contributed by atoms with Crippen molar-refractivity contribution in [2.75, 3.05) is 26.7 Å². The highest BCUT2D eigenvalue weighted by Gasteiger charge is 2.44. The molecule has 0 unspecified atom stereocenters. The Morgan fingerprint density at radius 2 is 2.18 bits per heavy atom. The van der Waals surface area contributed by atoms with E-state index in [1.54, 1.807) is 46.4 Å². The first-order valence-corrected chi connectivity index (χ1v) is 12.1. The van der Waals surface area contributed by atoms with Crippen molar-refractivity contribution in [3.8, 4) is 0 Å². The van der Waals surface area contributed by atoms with Crippen LogP contribution in [0.25, 0.3) is 0 Å². The molecule has 3 atom stereocenters. The Balaban J connectivity index is 0.000000868. The smallest absolute Gasteiger partial charge is 0.290 e. The Morgan fingerprint density at radius 3 is 2.88 bits per heavy atom. The monoisotopic (exact) mass is 484 g/mol. The molecule has 5 rings (SSSR count). The lowest BCUT2D eigenvalue weighted by atomic mass is 9.78. The molecule has 1 amide bonds. The third-order valence-corrected chi connectivity index (χ3v) is 7.15. The first-order valence-electron chi connectivity index (χ1n) is 11.2. The van der Waals surface area contributed by atoms with E-state index in [0.29, 0.717) is 6.54 Å². The van der Waals surface area contributed by atoms with Gasteiger partial charge >= 0.3 is 0 Å². The Kier molecular flexibility index (Phi) is 7.59. The van der Waals surface area contributed by atoms with Crippen molar-refractivity contribution in [2.45, 2.75) is 31.3 Å². The molecule has 0 radical (unpaired) electrons. The molecule has 34 heavy (non-hydrogen) atoms. The molecule has 2 aliphatic heterocycles. The van der Waals surface area contributed by atoms with Gasteiger partial charge in [-0.15, -0.1) is 11.3 Å². The third kappa shape index (κ3) is 5.13. The van der Waals surface area contributed by atoms with Gasteiger partial charge < -0.3 is 19.3 Å². The molecule has 0 spiro atoms. The lowest BCUT2D eigenvalue weighted by molar-refractivity contribution is -0.137. The predicted molar refractivity (Wildman–Crippen MR) is 127 cm³/mol. The van der Waals surface area contributed by atoms with Crippen molar-refractivity contribution in [1.82, 2.24) is 19.4 Å². The first kappa shape index (κ1) is 23.9. The van der Waals surface area contributed by atoms with Crippen LogP contribution in [0, 0.1) is 5.92 Å². The summed E-state index contributed by atoms with van der Waals surface area (Å²) in [5.41, 5.74) is 4.83. The highest BCUT2D eigenvalue weighted by Crippen LogP contribution is 2.41. The fraction of sp³-hybridized carbons (Fsp3) is 0.417. The van der Waals surface area contributed by atoms with Gasteiger partial charge in [-0.2, -0.15) is 0 Å². The summed E-state index contributed by atoms with van der Waals surface area (Å²) in [5, 5.41) is 8.98. The molecule has 1 N–H and O–H groups in total. The van der Waals surface area contributed by atoms with Crippen LogP contribution in [-0.2, 0) is 22.6 Å². The molecule has 1 fully saturated rings. The molecule has 2 bridgehead atoms. The van der Waals surface area contributed by atoms with Crippen LogP contribution >= 0.6 is 11.3 Å². The van der Waals surface area contributed by atoms with E-state index in [4.69, 9.17) is 14.3 Å². The fourth-order valence-corrected chi connectivity index (χ4v) is 5.71. The van der Waals surface area contributed by atoms with Crippen LogP contribution in [0.5, 0.6) is 0 Å². The number of hydrogen-bond donors (Lipinski definition) is 1. The molecule has 0 aliphatic carbocycles. The Morgan fingerprint density at radius 1 is 1.35 bits per heavy atom.